The van der Waals surface area contributed by atoms with Crippen LogP contribution in [0.3, 0.4) is 0 Å². The van der Waals surface area contributed by atoms with Crippen LogP contribution < -0.4 is 0 Å². The van der Waals surface area contributed by atoms with E-state index in [2.05, 4.69) is 0 Å². The molecule has 4 aromatic carbocycles. The number of rotatable bonds is 2. The molecule has 0 bridgehead atoms. The molecule has 0 saturated heterocycles. The number of hydrogen-bond acceptors (Lipinski definition) is 2. The van der Waals surface area contributed by atoms with Crippen molar-refractivity contribution in [2.45, 2.75) is 6.42 Å². The quantitative estimate of drug-likeness (QED) is 0.547. The molecule has 0 fully saturated rings. The fourth-order valence-electron chi connectivity index (χ4n) is 3.12. The van der Waals surface area contributed by atoms with Gasteiger partial charge in [0.25, 0.3) is 0 Å². The molecule has 2 nitrogen and oxygen atoms in total. The molecule has 0 aliphatic rings. The van der Waals surface area contributed by atoms with E-state index in [-0.39, 0.29) is 11.5 Å². The molecule has 0 amide bonds. The third-order valence-corrected chi connectivity index (χ3v) is 4.33. The molecule has 23 heavy (non-hydrogen) atoms. The van der Waals surface area contributed by atoms with Crippen LogP contribution in [0.1, 0.15) is 11.1 Å². The third kappa shape index (κ3) is 2.38. The summed E-state index contributed by atoms with van der Waals surface area (Å²) in [7, 11) is 0. The molecule has 112 valence electrons. The minimum absolute atomic E-state index is 0.260. The topological polar surface area (TPSA) is 40.5 Å². The van der Waals surface area contributed by atoms with E-state index in [9.17, 15) is 10.2 Å². The van der Waals surface area contributed by atoms with Crippen molar-refractivity contribution in [3.63, 3.8) is 0 Å². The maximum Gasteiger partial charge on any atom is 0.119 e. The monoisotopic (exact) mass is 300 g/mol. The standard InChI is InChI=1S/C21H16O2/c22-20-10-9-14-5-3-4-8-18(14)19(20)12-17-11-15-6-1-2-7-16(15)13-21(17)23/h1-11,13,22-23H,12H2. The van der Waals surface area contributed by atoms with Gasteiger partial charge in [-0.2, -0.15) is 0 Å². The summed E-state index contributed by atoms with van der Waals surface area (Å²) >= 11 is 0. The second-order valence-electron chi connectivity index (χ2n) is 5.79. The minimum atomic E-state index is 0.260. The molecule has 0 aromatic heterocycles. The van der Waals surface area contributed by atoms with Crippen molar-refractivity contribution >= 4 is 21.5 Å². The largest absolute Gasteiger partial charge is 0.508 e. The van der Waals surface area contributed by atoms with E-state index in [0.29, 0.717) is 6.42 Å². The summed E-state index contributed by atoms with van der Waals surface area (Å²) in [5.41, 5.74) is 1.66. The fourth-order valence-corrected chi connectivity index (χ4v) is 3.12. The molecular formula is C21H16O2. The predicted molar refractivity (Wildman–Crippen MR) is 94.0 cm³/mol. The number of phenolic OH excluding ortho intramolecular Hbond substituents is 2. The van der Waals surface area contributed by atoms with Crippen LogP contribution in [0.25, 0.3) is 21.5 Å². The molecule has 0 saturated carbocycles. The number of phenols is 2. The molecule has 0 atom stereocenters. The second kappa shape index (κ2) is 5.33. The van der Waals surface area contributed by atoms with Gasteiger partial charge in [0.2, 0.25) is 0 Å². The van der Waals surface area contributed by atoms with Crippen molar-refractivity contribution in [1.29, 1.82) is 0 Å². The summed E-state index contributed by atoms with van der Waals surface area (Å²) in [6, 6.07) is 23.3. The van der Waals surface area contributed by atoms with Crippen molar-refractivity contribution in [3.05, 3.63) is 83.9 Å². The molecule has 4 aromatic rings. The lowest BCUT2D eigenvalue weighted by Gasteiger charge is -2.11. The summed E-state index contributed by atoms with van der Waals surface area (Å²) in [5.74, 6) is 0.521. The van der Waals surface area contributed by atoms with Crippen LogP contribution in [0.5, 0.6) is 11.5 Å². The summed E-state index contributed by atoms with van der Waals surface area (Å²) in [6.45, 7) is 0. The first kappa shape index (κ1) is 13.6. The zero-order chi connectivity index (χ0) is 15.8. The van der Waals surface area contributed by atoms with Gasteiger partial charge in [0.15, 0.2) is 0 Å². The highest BCUT2D eigenvalue weighted by Gasteiger charge is 2.11. The summed E-state index contributed by atoms with van der Waals surface area (Å²) in [4.78, 5) is 0. The Morgan fingerprint density at radius 3 is 2.04 bits per heavy atom. The number of benzene rings is 4. The summed E-state index contributed by atoms with van der Waals surface area (Å²) in [5, 5.41) is 24.8. The Kier molecular flexibility index (Phi) is 3.16. The first-order valence-electron chi connectivity index (χ1n) is 7.62. The number of hydrogen-bond donors (Lipinski definition) is 2. The SMILES string of the molecule is Oc1cc2ccccc2cc1Cc1c(O)ccc2ccccc12. The maximum absolute atomic E-state index is 10.4. The smallest absolute Gasteiger partial charge is 0.119 e. The van der Waals surface area contributed by atoms with Gasteiger partial charge in [-0.05, 0) is 45.3 Å². The highest BCUT2D eigenvalue weighted by atomic mass is 16.3. The van der Waals surface area contributed by atoms with Gasteiger partial charge >= 0.3 is 0 Å². The predicted octanol–water partition coefficient (Wildman–Crippen LogP) is 5.00. The molecule has 0 unspecified atom stereocenters. The van der Waals surface area contributed by atoms with Crippen LogP contribution >= 0.6 is 0 Å². The molecule has 2 N–H and O–H groups in total. The van der Waals surface area contributed by atoms with Gasteiger partial charge in [-0.15, -0.1) is 0 Å². The molecule has 0 aliphatic heterocycles. The first-order valence-corrected chi connectivity index (χ1v) is 7.62. The average Bonchev–Trinajstić information content (AvgIpc) is 2.58. The van der Waals surface area contributed by atoms with Gasteiger partial charge in [-0.3, -0.25) is 0 Å². The molecule has 4 rings (SSSR count). The molecular weight excluding hydrogens is 284 g/mol. The van der Waals surface area contributed by atoms with Crippen molar-refractivity contribution in [2.24, 2.45) is 0 Å². The number of fused-ring (bicyclic) bond motifs is 2. The van der Waals surface area contributed by atoms with Gasteiger partial charge in [0, 0.05) is 12.0 Å². The van der Waals surface area contributed by atoms with E-state index >= 15 is 0 Å². The van der Waals surface area contributed by atoms with Crippen molar-refractivity contribution in [3.8, 4) is 11.5 Å². The third-order valence-electron chi connectivity index (χ3n) is 4.33. The van der Waals surface area contributed by atoms with Crippen LogP contribution in [0.4, 0.5) is 0 Å². The van der Waals surface area contributed by atoms with Gasteiger partial charge in [0.05, 0.1) is 0 Å². The minimum Gasteiger partial charge on any atom is -0.508 e. The normalized spacial score (nSPS) is 11.1. The molecule has 0 spiro atoms. The summed E-state index contributed by atoms with van der Waals surface area (Å²) < 4.78 is 0. The van der Waals surface area contributed by atoms with Crippen molar-refractivity contribution in [1.82, 2.24) is 0 Å². The molecule has 0 heterocycles. The van der Waals surface area contributed by atoms with E-state index in [1.165, 1.54) is 0 Å². The van der Waals surface area contributed by atoms with Gasteiger partial charge in [-0.25, -0.2) is 0 Å². The Morgan fingerprint density at radius 1 is 0.609 bits per heavy atom. The summed E-state index contributed by atoms with van der Waals surface area (Å²) in [6.07, 6.45) is 0.490. The van der Waals surface area contributed by atoms with Crippen LogP contribution in [0.2, 0.25) is 0 Å². The van der Waals surface area contributed by atoms with E-state index in [1.807, 2.05) is 60.7 Å². The van der Waals surface area contributed by atoms with Crippen molar-refractivity contribution in [2.75, 3.05) is 0 Å². The lowest BCUT2D eigenvalue weighted by molar-refractivity contribution is 0.464. The highest BCUT2D eigenvalue weighted by molar-refractivity contribution is 5.89. The van der Waals surface area contributed by atoms with Crippen LogP contribution in [-0.2, 0) is 6.42 Å². The maximum atomic E-state index is 10.4. The van der Waals surface area contributed by atoms with Crippen LogP contribution in [0.15, 0.2) is 72.8 Å². The number of aromatic hydroxyl groups is 2. The van der Waals surface area contributed by atoms with E-state index < -0.39 is 0 Å². The second-order valence-corrected chi connectivity index (χ2v) is 5.79. The van der Waals surface area contributed by atoms with Gasteiger partial charge < -0.3 is 10.2 Å². The van der Waals surface area contributed by atoms with E-state index in [4.69, 9.17) is 0 Å². The van der Waals surface area contributed by atoms with Gasteiger partial charge in [-0.1, -0.05) is 54.6 Å². The Bertz CT molecular complexity index is 1020. The van der Waals surface area contributed by atoms with Crippen LogP contribution in [-0.4, -0.2) is 10.2 Å². The average molecular weight is 300 g/mol. The molecule has 2 heteroatoms. The van der Waals surface area contributed by atoms with Crippen LogP contribution in [0, 0.1) is 0 Å². The highest BCUT2D eigenvalue weighted by Crippen LogP contribution is 2.33. The van der Waals surface area contributed by atoms with E-state index in [0.717, 1.165) is 32.7 Å². The Labute approximate surface area is 134 Å². The lowest BCUT2D eigenvalue weighted by atomic mass is 9.95. The Hall–Kier alpha value is -3.00. The fraction of sp³-hybridized carbons (Fsp3) is 0.0476. The zero-order valence-electron chi connectivity index (χ0n) is 12.5. The Balaban J connectivity index is 1.88. The lowest BCUT2D eigenvalue weighted by Crippen LogP contribution is -1.92. The van der Waals surface area contributed by atoms with Gasteiger partial charge in [0.1, 0.15) is 11.5 Å². The Morgan fingerprint density at radius 2 is 1.26 bits per heavy atom. The molecule has 0 aliphatic carbocycles. The van der Waals surface area contributed by atoms with Crippen molar-refractivity contribution < 1.29 is 10.2 Å². The van der Waals surface area contributed by atoms with E-state index in [1.54, 1.807) is 12.1 Å². The first-order chi connectivity index (χ1) is 11.2. The molecule has 0 radical (unpaired) electrons. The zero-order valence-corrected chi connectivity index (χ0v) is 12.5.